The summed E-state index contributed by atoms with van der Waals surface area (Å²) in [6.45, 7) is 0.329. The number of halogens is 1. The third-order valence-corrected chi connectivity index (χ3v) is 2.71. The number of carbonyl (C=O) groups excluding carboxylic acids is 1. The molecule has 3 N–H and O–H groups in total. The third-order valence-electron chi connectivity index (χ3n) is 2.38. The van der Waals surface area contributed by atoms with E-state index in [-0.39, 0.29) is 5.91 Å². The van der Waals surface area contributed by atoms with E-state index in [9.17, 15) is 4.79 Å². The number of benzene rings is 1. The third kappa shape index (κ3) is 2.85. The first kappa shape index (κ1) is 12.5. The Morgan fingerprint density at radius 3 is 2.72 bits per heavy atom. The van der Waals surface area contributed by atoms with E-state index in [1.807, 2.05) is 0 Å². The van der Waals surface area contributed by atoms with Gasteiger partial charge >= 0.3 is 0 Å². The van der Waals surface area contributed by atoms with Crippen LogP contribution in [0.5, 0.6) is 0 Å². The smallest absolute Gasteiger partial charge is 0.258 e. The number of rotatable bonds is 3. The van der Waals surface area contributed by atoms with Crippen LogP contribution in [-0.4, -0.2) is 10.9 Å². The molecule has 18 heavy (non-hydrogen) atoms. The van der Waals surface area contributed by atoms with Crippen LogP contribution in [0.1, 0.15) is 16.1 Å². The van der Waals surface area contributed by atoms with Crippen molar-refractivity contribution in [1.82, 2.24) is 4.98 Å². The second kappa shape index (κ2) is 5.62. The topological polar surface area (TPSA) is 68.0 Å². The lowest BCUT2D eigenvalue weighted by molar-refractivity contribution is 0.102. The standard InChI is InChI=1S/C13H12ClN3O/c14-11-6-2-1-5-10(11)13(18)17-12-7-3-4-9(8-15)16-12/h1-7H,8,15H2,(H,16,17,18). The van der Waals surface area contributed by atoms with Gasteiger partial charge in [0.2, 0.25) is 0 Å². The summed E-state index contributed by atoms with van der Waals surface area (Å²) >= 11 is 5.94. The van der Waals surface area contributed by atoms with Crippen LogP contribution in [0, 0.1) is 0 Å². The van der Waals surface area contributed by atoms with Gasteiger partial charge in [0.25, 0.3) is 5.91 Å². The van der Waals surface area contributed by atoms with Gasteiger partial charge in [0, 0.05) is 6.54 Å². The van der Waals surface area contributed by atoms with E-state index >= 15 is 0 Å². The maximum Gasteiger partial charge on any atom is 0.258 e. The highest BCUT2D eigenvalue weighted by Crippen LogP contribution is 2.16. The molecule has 0 aliphatic carbocycles. The van der Waals surface area contributed by atoms with Gasteiger partial charge < -0.3 is 11.1 Å². The molecule has 2 aromatic rings. The first-order chi connectivity index (χ1) is 8.70. The number of carbonyl (C=O) groups is 1. The van der Waals surface area contributed by atoms with E-state index in [2.05, 4.69) is 10.3 Å². The predicted molar refractivity (Wildman–Crippen MR) is 71.5 cm³/mol. The lowest BCUT2D eigenvalue weighted by Gasteiger charge is -2.06. The molecule has 0 aliphatic rings. The zero-order valence-corrected chi connectivity index (χ0v) is 10.3. The molecule has 0 atom stereocenters. The van der Waals surface area contributed by atoms with Crippen molar-refractivity contribution in [2.24, 2.45) is 5.73 Å². The summed E-state index contributed by atoms with van der Waals surface area (Å²) in [6, 6.07) is 12.1. The van der Waals surface area contributed by atoms with Crippen molar-refractivity contribution in [3.05, 3.63) is 58.7 Å². The monoisotopic (exact) mass is 261 g/mol. The summed E-state index contributed by atoms with van der Waals surface area (Å²) in [7, 11) is 0. The van der Waals surface area contributed by atoms with E-state index in [1.54, 1.807) is 42.5 Å². The molecule has 0 saturated carbocycles. The van der Waals surface area contributed by atoms with E-state index in [0.29, 0.717) is 28.6 Å². The maximum absolute atomic E-state index is 12.0. The number of nitrogens with zero attached hydrogens (tertiary/aromatic N) is 1. The average Bonchev–Trinajstić information content (AvgIpc) is 2.39. The molecule has 0 bridgehead atoms. The van der Waals surface area contributed by atoms with Gasteiger partial charge in [0.15, 0.2) is 0 Å². The molecule has 0 radical (unpaired) electrons. The van der Waals surface area contributed by atoms with E-state index in [4.69, 9.17) is 17.3 Å². The molecular formula is C13H12ClN3O. The van der Waals surface area contributed by atoms with Crippen LogP contribution in [0.15, 0.2) is 42.5 Å². The van der Waals surface area contributed by atoms with E-state index in [1.165, 1.54) is 0 Å². The molecular weight excluding hydrogens is 250 g/mol. The number of anilines is 1. The van der Waals surface area contributed by atoms with Crippen molar-refractivity contribution in [2.75, 3.05) is 5.32 Å². The van der Waals surface area contributed by atoms with Gasteiger partial charge in [0.05, 0.1) is 16.3 Å². The van der Waals surface area contributed by atoms with Crippen molar-refractivity contribution in [3.8, 4) is 0 Å². The summed E-state index contributed by atoms with van der Waals surface area (Å²) in [5.74, 6) is 0.171. The number of amides is 1. The van der Waals surface area contributed by atoms with Gasteiger partial charge in [-0.15, -0.1) is 0 Å². The highest BCUT2D eigenvalue weighted by atomic mass is 35.5. The van der Waals surface area contributed by atoms with Crippen molar-refractivity contribution < 1.29 is 4.79 Å². The Morgan fingerprint density at radius 1 is 1.22 bits per heavy atom. The van der Waals surface area contributed by atoms with Crippen LogP contribution in [-0.2, 0) is 6.54 Å². The lowest BCUT2D eigenvalue weighted by Crippen LogP contribution is -2.14. The molecule has 0 spiro atoms. The van der Waals surface area contributed by atoms with Crippen molar-refractivity contribution in [1.29, 1.82) is 0 Å². The Bertz CT molecular complexity index is 572. The summed E-state index contributed by atoms with van der Waals surface area (Å²) < 4.78 is 0. The molecule has 0 fully saturated rings. The molecule has 0 saturated heterocycles. The highest BCUT2D eigenvalue weighted by molar-refractivity contribution is 6.34. The van der Waals surface area contributed by atoms with Crippen molar-refractivity contribution in [3.63, 3.8) is 0 Å². The number of hydrogen-bond acceptors (Lipinski definition) is 3. The number of nitrogens with one attached hydrogen (secondary N) is 1. The molecule has 0 aliphatic heterocycles. The second-order valence-electron chi connectivity index (χ2n) is 3.65. The quantitative estimate of drug-likeness (QED) is 0.892. The van der Waals surface area contributed by atoms with Gasteiger partial charge in [-0.3, -0.25) is 4.79 Å². The Balaban J connectivity index is 2.19. The van der Waals surface area contributed by atoms with E-state index < -0.39 is 0 Å². The van der Waals surface area contributed by atoms with Gasteiger partial charge in [-0.2, -0.15) is 0 Å². The molecule has 2 rings (SSSR count). The van der Waals surface area contributed by atoms with Crippen LogP contribution in [0.25, 0.3) is 0 Å². The highest BCUT2D eigenvalue weighted by Gasteiger charge is 2.10. The van der Waals surface area contributed by atoms with Gasteiger partial charge in [0.1, 0.15) is 5.82 Å². The first-order valence-electron chi connectivity index (χ1n) is 5.42. The number of pyridine rings is 1. The predicted octanol–water partition coefficient (Wildman–Crippen LogP) is 2.45. The van der Waals surface area contributed by atoms with Crippen LogP contribution < -0.4 is 11.1 Å². The minimum Gasteiger partial charge on any atom is -0.325 e. The molecule has 1 aromatic heterocycles. The van der Waals surface area contributed by atoms with Crippen LogP contribution in [0.4, 0.5) is 5.82 Å². The first-order valence-corrected chi connectivity index (χ1v) is 5.80. The minimum atomic E-state index is -0.290. The summed E-state index contributed by atoms with van der Waals surface area (Å²) in [5.41, 5.74) is 6.62. The molecule has 5 heteroatoms. The number of hydrogen-bond donors (Lipinski definition) is 2. The van der Waals surface area contributed by atoms with Crippen molar-refractivity contribution >= 4 is 23.3 Å². The fourth-order valence-electron chi connectivity index (χ4n) is 1.49. The normalized spacial score (nSPS) is 10.1. The molecule has 4 nitrogen and oxygen atoms in total. The fraction of sp³-hybridized carbons (Fsp3) is 0.0769. The summed E-state index contributed by atoms with van der Waals surface area (Å²) in [5, 5.41) is 3.09. The van der Waals surface area contributed by atoms with Crippen LogP contribution in [0.3, 0.4) is 0 Å². The van der Waals surface area contributed by atoms with Gasteiger partial charge in [-0.25, -0.2) is 4.98 Å². The Hall–Kier alpha value is -1.91. The average molecular weight is 262 g/mol. The second-order valence-corrected chi connectivity index (χ2v) is 4.06. The Kier molecular flexibility index (Phi) is 3.92. The van der Waals surface area contributed by atoms with Crippen molar-refractivity contribution in [2.45, 2.75) is 6.54 Å². The molecule has 0 unspecified atom stereocenters. The Morgan fingerprint density at radius 2 is 2.00 bits per heavy atom. The lowest BCUT2D eigenvalue weighted by atomic mass is 10.2. The molecule has 1 aromatic carbocycles. The van der Waals surface area contributed by atoms with Gasteiger partial charge in [-0.1, -0.05) is 29.8 Å². The SMILES string of the molecule is NCc1cccc(NC(=O)c2ccccc2Cl)n1. The van der Waals surface area contributed by atoms with E-state index in [0.717, 1.165) is 0 Å². The largest absolute Gasteiger partial charge is 0.325 e. The fourth-order valence-corrected chi connectivity index (χ4v) is 1.71. The summed E-state index contributed by atoms with van der Waals surface area (Å²) in [4.78, 5) is 16.2. The summed E-state index contributed by atoms with van der Waals surface area (Å²) in [6.07, 6.45) is 0. The minimum absolute atomic E-state index is 0.290. The number of aromatic nitrogens is 1. The van der Waals surface area contributed by atoms with Gasteiger partial charge in [-0.05, 0) is 24.3 Å². The molecule has 1 amide bonds. The van der Waals surface area contributed by atoms with Crippen LogP contribution >= 0.6 is 11.6 Å². The molecule has 92 valence electrons. The zero-order chi connectivity index (χ0) is 13.0. The Labute approximate surface area is 110 Å². The van der Waals surface area contributed by atoms with Crippen LogP contribution in [0.2, 0.25) is 5.02 Å². The maximum atomic E-state index is 12.0. The zero-order valence-electron chi connectivity index (χ0n) is 9.56. The molecule has 1 heterocycles. The number of nitrogens with two attached hydrogens (primary N) is 1.